The van der Waals surface area contributed by atoms with Crippen LogP contribution in [0.25, 0.3) is 10.2 Å². The number of anilines is 1. The Balaban J connectivity index is 1.57. The van der Waals surface area contributed by atoms with Gasteiger partial charge in [0, 0.05) is 31.6 Å². The summed E-state index contributed by atoms with van der Waals surface area (Å²) in [6.07, 6.45) is 1.18. The molecule has 0 saturated carbocycles. The number of rotatable bonds is 7. The molecule has 3 aromatic rings. The van der Waals surface area contributed by atoms with Gasteiger partial charge in [-0.15, -0.1) is 0 Å². The maximum absolute atomic E-state index is 13.1. The van der Waals surface area contributed by atoms with E-state index in [0.29, 0.717) is 26.2 Å². The molecule has 0 saturated heterocycles. The van der Waals surface area contributed by atoms with Crippen molar-refractivity contribution in [1.82, 2.24) is 9.88 Å². The minimum atomic E-state index is 0.0898. The number of hydrogen-bond acceptors (Lipinski definition) is 6. The SMILES string of the molecule is CN(C)CCN(C(=O)CCc1ccccc1)c1nc2cc3c(cc2s1)OCCO3. The van der Waals surface area contributed by atoms with E-state index in [-0.39, 0.29) is 5.91 Å². The number of nitrogens with zero attached hydrogens (tertiary/aromatic N) is 3. The second-order valence-electron chi connectivity index (χ2n) is 7.29. The lowest BCUT2D eigenvalue weighted by molar-refractivity contribution is -0.118. The molecule has 2 aromatic carbocycles. The minimum absolute atomic E-state index is 0.0898. The lowest BCUT2D eigenvalue weighted by Crippen LogP contribution is -2.36. The fourth-order valence-corrected chi connectivity index (χ4v) is 4.25. The van der Waals surface area contributed by atoms with Crippen molar-refractivity contribution < 1.29 is 14.3 Å². The normalized spacial score (nSPS) is 13.1. The van der Waals surface area contributed by atoms with Gasteiger partial charge in [0.25, 0.3) is 0 Å². The number of benzene rings is 2. The third-order valence-electron chi connectivity index (χ3n) is 4.81. The third kappa shape index (κ3) is 4.68. The van der Waals surface area contributed by atoms with E-state index in [0.717, 1.165) is 39.8 Å². The lowest BCUT2D eigenvalue weighted by Gasteiger charge is -2.22. The molecule has 6 nitrogen and oxygen atoms in total. The van der Waals surface area contributed by atoms with E-state index in [1.165, 1.54) is 16.9 Å². The summed E-state index contributed by atoms with van der Waals surface area (Å²) in [7, 11) is 4.02. The number of carbonyl (C=O) groups excluding carboxylic acids is 1. The van der Waals surface area contributed by atoms with Gasteiger partial charge in [-0.1, -0.05) is 41.7 Å². The zero-order chi connectivity index (χ0) is 20.2. The Morgan fingerprint density at radius 3 is 2.52 bits per heavy atom. The zero-order valence-electron chi connectivity index (χ0n) is 16.8. The van der Waals surface area contributed by atoms with Crippen LogP contribution in [0, 0.1) is 0 Å². The van der Waals surface area contributed by atoms with Crippen LogP contribution in [-0.4, -0.2) is 56.2 Å². The molecule has 4 rings (SSSR count). The second kappa shape index (κ2) is 8.80. The van der Waals surface area contributed by atoms with Gasteiger partial charge in [0.05, 0.1) is 10.2 Å². The zero-order valence-corrected chi connectivity index (χ0v) is 17.6. The maximum atomic E-state index is 13.1. The van der Waals surface area contributed by atoms with Gasteiger partial charge in [0.15, 0.2) is 16.6 Å². The van der Waals surface area contributed by atoms with E-state index in [1.54, 1.807) is 0 Å². The molecule has 0 fully saturated rings. The molecule has 0 N–H and O–H groups in total. The number of aryl methyl sites for hydroxylation is 1. The topological polar surface area (TPSA) is 54.9 Å². The van der Waals surface area contributed by atoms with E-state index < -0.39 is 0 Å². The number of carbonyl (C=O) groups is 1. The molecule has 0 spiro atoms. The Hall–Kier alpha value is -2.64. The Morgan fingerprint density at radius 2 is 1.79 bits per heavy atom. The predicted octanol–water partition coefficient (Wildman–Crippen LogP) is 3.59. The number of ether oxygens (including phenoxy) is 2. The molecule has 0 aliphatic carbocycles. The lowest BCUT2D eigenvalue weighted by atomic mass is 10.1. The van der Waals surface area contributed by atoms with E-state index >= 15 is 0 Å². The van der Waals surface area contributed by atoms with E-state index in [9.17, 15) is 4.79 Å². The first-order valence-corrected chi connectivity index (χ1v) is 10.6. The van der Waals surface area contributed by atoms with Gasteiger partial charge < -0.3 is 14.4 Å². The van der Waals surface area contributed by atoms with Crippen molar-refractivity contribution in [3.05, 3.63) is 48.0 Å². The molecule has 0 atom stereocenters. The Labute approximate surface area is 174 Å². The van der Waals surface area contributed by atoms with Crippen molar-refractivity contribution in [2.45, 2.75) is 12.8 Å². The molecular weight excluding hydrogens is 386 g/mol. The van der Waals surface area contributed by atoms with Crippen molar-refractivity contribution >= 4 is 32.6 Å². The molecule has 0 bridgehead atoms. The average molecular weight is 412 g/mol. The summed E-state index contributed by atoms with van der Waals surface area (Å²) in [6.45, 7) is 2.47. The number of aromatic nitrogens is 1. The standard InChI is InChI=1S/C22H25N3O3S/c1-24(2)10-11-25(21(26)9-8-16-6-4-3-5-7-16)22-23-17-14-18-19(15-20(17)29-22)28-13-12-27-18/h3-7,14-15H,8-13H2,1-2H3. The summed E-state index contributed by atoms with van der Waals surface area (Å²) in [6, 6.07) is 14.0. The first kappa shape index (κ1) is 19.7. The Morgan fingerprint density at radius 1 is 1.07 bits per heavy atom. The van der Waals surface area contributed by atoms with Gasteiger partial charge in [-0.25, -0.2) is 4.98 Å². The molecule has 2 heterocycles. The van der Waals surface area contributed by atoms with Gasteiger partial charge in [0.2, 0.25) is 5.91 Å². The van der Waals surface area contributed by atoms with Crippen LogP contribution in [0.5, 0.6) is 11.5 Å². The highest BCUT2D eigenvalue weighted by Crippen LogP contribution is 2.38. The molecule has 29 heavy (non-hydrogen) atoms. The fourth-order valence-electron chi connectivity index (χ4n) is 3.23. The highest BCUT2D eigenvalue weighted by atomic mass is 32.1. The predicted molar refractivity (Wildman–Crippen MR) is 116 cm³/mol. The first-order valence-electron chi connectivity index (χ1n) is 9.79. The highest BCUT2D eigenvalue weighted by Gasteiger charge is 2.21. The van der Waals surface area contributed by atoms with Crippen LogP contribution < -0.4 is 14.4 Å². The molecule has 152 valence electrons. The first-order chi connectivity index (χ1) is 14.1. The molecule has 1 aliphatic rings. The van der Waals surface area contributed by atoms with E-state index in [2.05, 4.69) is 17.0 Å². The maximum Gasteiger partial charge on any atom is 0.229 e. The minimum Gasteiger partial charge on any atom is -0.486 e. The smallest absolute Gasteiger partial charge is 0.229 e. The van der Waals surface area contributed by atoms with Gasteiger partial charge >= 0.3 is 0 Å². The molecule has 1 amide bonds. The summed E-state index contributed by atoms with van der Waals surface area (Å²) in [5, 5.41) is 0.724. The molecule has 0 radical (unpaired) electrons. The van der Waals surface area contributed by atoms with Gasteiger partial charge in [0.1, 0.15) is 13.2 Å². The summed E-state index contributed by atoms with van der Waals surface area (Å²) in [4.78, 5) is 21.7. The van der Waals surface area contributed by atoms with Gasteiger partial charge in [-0.2, -0.15) is 0 Å². The molecule has 1 aromatic heterocycles. The van der Waals surface area contributed by atoms with Crippen LogP contribution in [0.1, 0.15) is 12.0 Å². The number of hydrogen-bond donors (Lipinski definition) is 0. The second-order valence-corrected chi connectivity index (χ2v) is 8.30. The van der Waals surface area contributed by atoms with Crippen LogP contribution in [0.4, 0.5) is 5.13 Å². The summed E-state index contributed by atoms with van der Waals surface area (Å²) >= 11 is 1.52. The quantitative estimate of drug-likeness (QED) is 0.595. The van der Waals surface area contributed by atoms with Crippen molar-refractivity contribution in [3.8, 4) is 11.5 Å². The summed E-state index contributed by atoms with van der Waals surface area (Å²) in [5.41, 5.74) is 2.00. The van der Waals surface area contributed by atoms with Crippen molar-refractivity contribution in [2.75, 3.05) is 45.3 Å². The summed E-state index contributed by atoms with van der Waals surface area (Å²) < 4.78 is 12.3. The van der Waals surface area contributed by atoms with E-state index in [4.69, 9.17) is 14.5 Å². The molecular formula is C22H25N3O3S. The van der Waals surface area contributed by atoms with E-state index in [1.807, 2.05) is 49.3 Å². The van der Waals surface area contributed by atoms with Crippen LogP contribution in [0.2, 0.25) is 0 Å². The third-order valence-corrected chi connectivity index (χ3v) is 5.86. The fraction of sp³-hybridized carbons (Fsp3) is 0.364. The number of likely N-dealkylation sites (N-methyl/N-ethyl adjacent to an activating group) is 1. The molecule has 0 unspecified atom stereocenters. The average Bonchev–Trinajstić information content (AvgIpc) is 3.13. The van der Waals surface area contributed by atoms with Crippen LogP contribution in [0.3, 0.4) is 0 Å². The largest absolute Gasteiger partial charge is 0.486 e. The highest BCUT2D eigenvalue weighted by molar-refractivity contribution is 7.22. The Bertz CT molecular complexity index is 945. The monoisotopic (exact) mass is 411 g/mol. The van der Waals surface area contributed by atoms with Crippen LogP contribution >= 0.6 is 11.3 Å². The number of amides is 1. The van der Waals surface area contributed by atoms with Crippen molar-refractivity contribution in [3.63, 3.8) is 0 Å². The van der Waals surface area contributed by atoms with Gasteiger partial charge in [-0.3, -0.25) is 9.69 Å². The number of thiazole rings is 1. The molecule has 1 aliphatic heterocycles. The molecule has 7 heteroatoms. The van der Waals surface area contributed by atoms with Crippen LogP contribution in [-0.2, 0) is 11.2 Å². The summed E-state index contributed by atoms with van der Waals surface area (Å²) in [5.74, 6) is 1.55. The Kier molecular flexibility index (Phi) is 5.97. The van der Waals surface area contributed by atoms with Gasteiger partial charge in [-0.05, 0) is 26.1 Å². The van der Waals surface area contributed by atoms with Crippen LogP contribution in [0.15, 0.2) is 42.5 Å². The van der Waals surface area contributed by atoms with Crippen molar-refractivity contribution in [2.24, 2.45) is 0 Å². The number of fused-ring (bicyclic) bond motifs is 2. The van der Waals surface area contributed by atoms with Crippen molar-refractivity contribution in [1.29, 1.82) is 0 Å².